The van der Waals surface area contributed by atoms with E-state index in [4.69, 9.17) is 14.8 Å². The van der Waals surface area contributed by atoms with Crippen LogP contribution in [0, 0.1) is 0 Å². The molecule has 3 N–H and O–H groups in total. The van der Waals surface area contributed by atoms with Gasteiger partial charge in [0.05, 0.1) is 6.42 Å². The monoisotopic (exact) mass is 315 g/mol. The zero-order valence-electron chi connectivity index (χ0n) is 8.67. The summed E-state index contributed by atoms with van der Waals surface area (Å²) in [6.45, 7) is 0. The van der Waals surface area contributed by atoms with E-state index in [9.17, 15) is 18.0 Å². The van der Waals surface area contributed by atoms with Crippen molar-refractivity contribution in [2.75, 3.05) is 0 Å². The predicted octanol–water partition coefficient (Wildman–Crippen LogP) is -10.2. The first-order chi connectivity index (χ1) is 5.25. The fraction of sp³-hybridized carbons (Fsp3) is 0.500. The van der Waals surface area contributed by atoms with E-state index in [-0.39, 0.29) is 154 Å². The molecule has 0 saturated carbocycles. The minimum Gasteiger partial charge on any atom is -0.481 e. The molecular formula is C4H6K3O7S+3. The number of rotatable bonds is 4. The number of hydrogen-bond acceptors (Lipinski definition) is 4. The fourth-order valence-electron chi connectivity index (χ4n) is 0.479. The summed E-state index contributed by atoms with van der Waals surface area (Å²) in [5.74, 6) is -3.50. The molecule has 0 aliphatic heterocycles. The molecule has 0 amide bonds. The van der Waals surface area contributed by atoms with Crippen LogP contribution < -0.4 is 154 Å². The third kappa shape index (κ3) is 14.0. The van der Waals surface area contributed by atoms with Crippen molar-refractivity contribution in [2.45, 2.75) is 11.7 Å². The van der Waals surface area contributed by atoms with Crippen molar-refractivity contribution in [3.63, 3.8) is 0 Å². The second kappa shape index (κ2) is 12.8. The molecule has 0 aliphatic carbocycles. The van der Waals surface area contributed by atoms with Crippen molar-refractivity contribution in [1.29, 1.82) is 0 Å². The Kier molecular flexibility index (Phi) is 23.1. The van der Waals surface area contributed by atoms with Gasteiger partial charge in [-0.25, -0.2) is 0 Å². The van der Waals surface area contributed by atoms with Crippen LogP contribution in [0.5, 0.6) is 0 Å². The second-order valence-corrected chi connectivity index (χ2v) is 3.54. The van der Waals surface area contributed by atoms with Crippen molar-refractivity contribution in [2.24, 2.45) is 0 Å². The standard InChI is InChI=1S/C4H6O7S.3K/c5-3(6)1-2(4(7)8)12(9,10)11;;;/h2H,1H2,(H,5,6)(H,7,8)(H,9,10,11);;;/q;3*+1. The van der Waals surface area contributed by atoms with E-state index in [1.807, 2.05) is 0 Å². The van der Waals surface area contributed by atoms with Crippen LogP contribution in [-0.4, -0.2) is 40.4 Å². The van der Waals surface area contributed by atoms with Gasteiger partial charge in [-0.15, -0.1) is 0 Å². The molecular weight excluding hydrogens is 309 g/mol. The maximum absolute atomic E-state index is 10.2. The molecule has 0 aliphatic rings. The molecule has 0 saturated heterocycles. The summed E-state index contributed by atoms with van der Waals surface area (Å²) >= 11 is 0. The number of hydrogen-bond donors (Lipinski definition) is 3. The molecule has 0 fully saturated rings. The Morgan fingerprint density at radius 3 is 1.47 bits per heavy atom. The van der Waals surface area contributed by atoms with Gasteiger partial charge in [-0.2, -0.15) is 8.42 Å². The van der Waals surface area contributed by atoms with Gasteiger partial charge >= 0.3 is 166 Å². The van der Waals surface area contributed by atoms with Crippen LogP contribution in [0.1, 0.15) is 6.42 Å². The molecule has 1 atom stereocenters. The first kappa shape index (κ1) is 27.2. The number of carboxylic acids is 2. The zero-order valence-corrected chi connectivity index (χ0v) is 18.9. The first-order valence-corrected chi connectivity index (χ1v) is 4.16. The Bertz CT molecular complexity index is 299. The Hall–Kier alpha value is 3.76. The van der Waals surface area contributed by atoms with Crippen LogP contribution in [-0.2, 0) is 19.7 Å². The zero-order chi connectivity index (χ0) is 9.94. The van der Waals surface area contributed by atoms with Gasteiger partial charge in [0.15, 0.2) is 5.25 Å². The molecule has 0 bridgehead atoms. The molecule has 0 aromatic carbocycles. The van der Waals surface area contributed by atoms with Gasteiger partial charge in [0, 0.05) is 0 Å². The van der Waals surface area contributed by atoms with Gasteiger partial charge in [-0.3, -0.25) is 14.1 Å². The average molecular weight is 315 g/mol. The molecule has 70 valence electrons. The van der Waals surface area contributed by atoms with Crippen LogP contribution in [0.4, 0.5) is 0 Å². The maximum atomic E-state index is 10.2. The van der Waals surface area contributed by atoms with E-state index in [2.05, 4.69) is 0 Å². The van der Waals surface area contributed by atoms with Gasteiger partial charge in [0.25, 0.3) is 10.1 Å². The van der Waals surface area contributed by atoms with Gasteiger partial charge in [-0.05, 0) is 0 Å². The van der Waals surface area contributed by atoms with Gasteiger partial charge < -0.3 is 10.2 Å². The largest absolute Gasteiger partial charge is 1.00 e. The second-order valence-electron chi connectivity index (χ2n) is 1.94. The first-order valence-electron chi connectivity index (χ1n) is 2.66. The Morgan fingerprint density at radius 1 is 1.07 bits per heavy atom. The van der Waals surface area contributed by atoms with Gasteiger partial charge in [0.2, 0.25) is 0 Å². The summed E-state index contributed by atoms with van der Waals surface area (Å²) in [5.41, 5.74) is 0. The summed E-state index contributed by atoms with van der Waals surface area (Å²) in [5, 5.41) is 13.9. The van der Waals surface area contributed by atoms with Crippen molar-refractivity contribution in [3.05, 3.63) is 0 Å². The van der Waals surface area contributed by atoms with E-state index < -0.39 is 33.7 Å². The Morgan fingerprint density at radius 2 is 1.40 bits per heavy atom. The Balaban J connectivity index is -0.000000202. The van der Waals surface area contributed by atoms with Crippen LogP contribution >= 0.6 is 0 Å². The van der Waals surface area contributed by atoms with Crippen LogP contribution in [0.15, 0.2) is 0 Å². The van der Waals surface area contributed by atoms with Crippen LogP contribution in [0.25, 0.3) is 0 Å². The van der Waals surface area contributed by atoms with Crippen molar-refractivity contribution in [1.82, 2.24) is 0 Å². The van der Waals surface area contributed by atoms with E-state index >= 15 is 0 Å². The molecule has 0 rings (SSSR count). The summed E-state index contributed by atoms with van der Waals surface area (Å²) in [4.78, 5) is 20.0. The summed E-state index contributed by atoms with van der Waals surface area (Å²) in [7, 11) is -4.84. The van der Waals surface area contributed by atoms with Crippen molar-refractivity contribution in [3.8, 4) is 0 Å². The predicted molar refractivity (Wildman–Crippen MR) is 35.2 cm³/mol. The molecule has 0 radical (unpaired) electrons. The van der Waals surface area contributed by atoms with Crippen molar-refractivity contribution < 1.29 is 187 Å². The van der Waals surface area contributed by atoms with E-state index in [0.717, 1.165) is 0 Å². The third-order valence-corrected chi connectivity index (χ3v) is 2.08. The fourth-order valence-corrected chi connectivity index (χ4v) is 1.09. The summed E-state index contributed by atoms with van der Waals surface area (Å²) < 4.78 is 28.7. The Labute approximate surface area is 214 Å². The molecule has 0 aromatic heterocycles. The number of aliphatic carboxylic acids is 2. The molecule has 0 aromatic rings. The van der Waals surface area contributed by atoms with E-state index in [0.29, 0.717) is 0 Å². The van der Waals surface area contributed by atoms with Gasteiger partial charge in [0.1, 0.15) is 0 Å². The molecule has 1 unspecified atom stereocenters. The topological polar surface area (TPSA) is 129 Å². The average Bonchev–Trinajstić information content (AvgIpc) is 1.79. The summed E-state index contributed by atoms with van der Waals surface area (Å²) in [6.07, 6.45) is -1.16. The minimum atomic E-state index is -4.84. The minimum absolute atomic E-state index is 0. The molecule has 11 heteroatoms. The van der Waals surface area contributed by atoms with Crippen molar-refractivity contribution >= 4 is 22.1 Å². The van der Waals surface area contributed by atoms with Crippen LogP contribution in [0.3, 0.4) is 0 Å². The molecule has 15 heavy (non-hydrogen) atoms. The smallest absolute Gasteiger partial charge is 0.481 e. The normalized spacial score (nSPS) is 11.0. The van der Waals surface area contributed by atoms with Gasteiger partial charge in [-0.1, -0.05) is 0 Å². The molecule has 7 nitrogen and oxygen atoms in total. The molecule has 0 spiro atoms. The van der Waals surface area contributed by atoms with E-state index in [1.165, 1.54) is 0 Å². The quantitative estimate of drug-likeness (QED) is 0.347. The molecule has 0 heterocycles. The third-order valence-electron chi connectivity index (χ3n) is 0.995. The SMILES string of the molecule is O=C(O)CC(C(=O)O)S(=O)(=O)O.[K+].[K+].[K+]. The van der Waals surface area contributed by atoms with Crippen LogP contribution in [0.2, 0.25) is 0 Å². The summed E-state index contributed by atoms with van der Waals surface area (Å²) in [6, 6.07) is 0. The number of carbonyl (C=O) groups is 2. The number of carboxylic acid groups (broad SMARTS) is 2. The maximum Gasteiger partial charge on any atom is 1.00 e. The van der Waals surface area contributed by atoms with E-state index in [1.54, 1.807) is 0 Å².